The molecule has 81 heavy (non-hydrogen) atoms. The molecule has 8 heterocycles. The molecule has 0 saturated heterocycles. The average Bonchev–Trinajstić information content (AvgIpc) is 4.53. The van der Waals surface area contributed by atoms with Gasteiger partial charge in [-0.15, -0.1) is 0 Å². The summed E-state index contributed by atoms with van der Waals surface area (Å²) in [4.78, 5) is 41.6. The summed E-state index contributed by atoms with van der Waals surface area (Å²) in [7, 11) is -3.05. The molecule has 416 valence electrons. The number of aromatic nitrogens is 16. The quantitative estimate of drug-likeness (QED) is 0.0628. The minimum Gasteiger partial charge on any atom is -0.354 e. The van der Waals surface area contributed by atoms with Crippen LogP contribution < -0.4 is 4.18 Å². The number of benzene rings is 2. The first-order valence-corrected chi connectivity index (χ1v) is 25.3. The van der Waals surface area contributed by atoms with Gasteiger partial charge in [-0.2, -0.15) is 63.4 Å². The average molecular weight is 1140 g/mol. The Morgan fingerprint density at radius 2 is 1.02 bits per heavy atom. The highest BCUT2D eigenvalue weighted by molar-refractivity contribution is 7.88. The van der Waals surface area contributed by atoms with Crippen LogP contribution in [-0.2, 0) is 49.7 Å². The second kappa shape index (κ2) is 20.8. The van der Waals surface area contributed by atoms with Crippen molar-refractivity contribution in [2.24, 2.45) is 14.1 Å². The number of alkyl halides is 9. The van der Waals surface area contributed by atoms with Gasteiger partial charge >= 0.3 is 28.0 Å². The molecule has 0 spiro atoms. The van der Waals surface area contributed by atoms with E-state index < -0.39 is 45.2 Å². The summed E-state index contributed by atoms with van der Waals surface area (Å²) in [6, 6.07) is 15.8. The minimum atomic E-state index is -6.04. The predicted molar refractivity (Wildman–Crippen MR) is 269 cm³/mol. The molecule has 8 aromatic heterocycles. The molecule has 20 nitrogen and oxygen atoms in total. The van der Waals surface area contributed by atoms with Crippen molar-refractivity contribution in [1.29, 1.82) is 5.26 Å². The Morgan fingerprint density at radius 3 is 1.43 bits per heavy atom. The van der Waals surface area contributed by atoms with Crippen LogP contribution in [0, 0.1) is 11.3 Å². The van der Waals surface area contributed by atoms with Crippen molar-refractivity contribution in [2.45, 2.75) is 75.9 Å². The maximum atomic E-state index is 13.1. The Balaban J connectivity index is 0.000000181. The zero-order chi connectivity index (χ0) is 56.5. The molecule has 12 rings (SSSR count). The molecule has 0 unspecified atom stereocenters. The van der Waals surface area contributed by atoms with Gasteiger partial charge in [-0.25, -0.2) is 59.2 Å². The fourth-order valence-electron chi connectivity index (χ4n) is 8.66. The van der Waals surface area contributed by atoms with E-state index in [1.165, 1.54) is 46.6 Å². The van der Waals surface area contributed by atoms with Gasteiger partial charge in [0, 0.05) is 61.8 Å². The van der Waals surface area contributed by atoms with Crippen LogP contribution >= 0.6 is 0 Å². The van der Waals surface area contributed by atoms with Gasteiger partial charge in [0.15, 0.2) is 40.0 Å². The van der Waals surface area contributed by atoms with Gasteiger partial charge in [-0.3, -0.25) is 0 Å². The van der Waals surface area contributed by atoms with Crippen molar-refractivity contribution in [3.63, 3.8) is 0 Å². The number of fused-ring (bicyclic) bond motifs is 2. The Kier molecular flexibility index (Phi) is 14.1. The molecule has 0 radical (unpaired) electrons. The van der Waals surface area contributed by atoms with E-state index in [1.807, 2.05) is 12.1 Å². The molecule has 0 bridgehead atoms. The Bertz CT molecular complexity index is 4160. The molecule has 2 saturated carbocycles. The molecular weight excluding hydrogens is 1100 g/mol. The maximum Gasteiger partial charge on any atom is 0.534 e. The van der Waals surface area contributed by atoms with Crippen LogP contribution in [0.15, 0.2) is 98.4 Å². The summed E-state index contributed by atoms with van der Waals surface area (Å²) in [5.41, 5.74) is -2.53. The van der Waals surface area contributed by atoms with E-state index in [0.717, 1.165) is 48.2 Å². The topological polar surface area (TPSA) is 242 Å². The number of halogens is 9. The van der Waals surface area contributed by atoms with Gasteiger partial charge in [0.1, 0.15) is 35.9 Å². The fraction of sp³-hybridized carbons (Fsp3) is 0.275. The van der Waals surface area contributed by atoms with Crippen molar-refractivity contribution in [1.82, 2.24) is 78.5 Å². The standard InChI is InChI=1S/C25H18F6N8O3S.C25H18F3N9.CH4/c1-38-11-17(24(26,27)28)36-21(38)15-4-2-13(3-5-15)10-39-22-16(9-35-39)8-32-20(37-22)18-19(14-6-7-14)33-12-34-23(18)42-43(40,41)25(29,30)31;1-36-12-19(25(26,27)28)34-23(36)16-4-2-14(3-5-16)11-37-24-17(10-33-37)9-30-22(35-24)20-18(8-29)31-13-32-21(20)15-6-7-15;/h2-5,8-9,11-12,14H,6-7,10H2,1H3;2-5,9-10,12-13,15H,6-7,11H2,1H3;1H4. The molecule has 10 aromatic rings. The van der Waals surface area contributed by atoms with Crippen molar-refractivity contribution >= 4 is 32.2 Å². The number of nitrogens with zero attached hydrogens (tertiary/aromatic N) is 17. The SMILES string of the molecule is C.Cn1cc(C(F)(F)F)nc1-c1ccc(Cn2ncc3cnc(-c4c(C#N)ncnc4C4CC4)nc32)cc1.Cn1cc(C(F)(F)F)nc1-c1ccc(Cn2ncc3cnc(-c4c(OS(=O)(=O)C(F)(F)F)ncnc4C4CC4)nc32)cc1. The first-order valence-electron chi connectivity index (χ1n) is 23.9. The Labute approximate surface area is 452 Å². The van der Waals surface area contributed by atoms with E-state index in [2.05, 4.69) is 65.3 Å². The van der Waals surface area contributed by atoms with E-state index in [4.69, 9.17) is 4.98 Å². The van der Waals surface area contributed by atoms with Gasteiger partial charge < -0.3 is 13.3 Å². The largest absolute Gasteiger partial charge is 0.534 e. The lowest BCUT2D eigenvalue weighted by Gasteiger charge is -2.14. The summed E-state index contributed by atoms with van der Waals surface area (Å²) in [5, 5.41) is 19.6. The Hall–Kier alpha value is -9.27. The molecule has 0 aliphatic heterocycles. The molecule has 2 aliphatic rings. The zero-order valence-corrected chi connectivity index (χ0v) is 42.1. The molecule has 0 N–H and O–H groups in total. The summed E-state index contributed by atoms with van der Waals surface area (Å²) in [6.07, 6.45) is 4.60. The van der Waals surface area contributed by atoms with Crippen LogP contribution in [0.1, 0.15) is 84.5 Å². The highest BCUT2D eigenvalue weighted by atomic mass is 32.2. The third-order valence-electron chi connectivity index (χ3n) is 12.8. The van der Waals surface area contributed by atoms with Crippen molar-refractivity contribution in [3.05, 3.63) is 138 Å². The second-order valence-electron chi connectivity index (χ2n) is 18.6. The first kappa shape index (κ1) is 55.1. The highest BCUT2D eigenvalue weighted by Gasteiger charge is 2.50. The monoisotopic (exact) mass is 1140 g/mol. The lowest BCUT2D eigenvalue weighted by molar-refractivity contribution is -0.141. The van der Waals surface area contributed by atoms with Crippen molar-refractivity contribution < 1.29 is 52.1 Å². The van der Waals surface area contributed by atoms with Crippen molar-refractivity contribution in [3.8, 4) is 57.5 Å². The number of nitriles is 1. The van der Waals surface area contributed by atoms with E-state index in [0.29, 0.717) is 58.5 Å². The van der Waals surface area contributed by atoms with Crippen LogP contribution in [0.25, 0.3) is 67.6 Å². The normalized spacial score (nSPS) is 13.9. The fourth-order valence-corrected chi connectivity index (χ4v) is 9.08. The van der Waals surface area contributed by atoms with Gasteiger partial charge in [0.2, 0.25) is 5.88 Å². The molecule has 2 aromatic carbocycles. The molecular formula is C51H40F9N17O3S. The number of imidazole rings is 2. The van der Waals surface area contributed by atoms with E-state index in [9.17, 15) is 53.2 Å². The Morgan fingerprint density at radius 1 is 0.593 bits per heavy atom. The lowest BCUT2D eigenvalue weighted by Crippen LogP contribution is -2.28. The number of rotatable bonds is 12. The van der Waals surface area contributed by atoms with Gasteiger partial charge in [-0.1, -0.05) is 56.0 Å². The summed E-state index contributed by atoms with van der Waals surface area (Å²) in [6.45, 7) is 0.529. The summed E-state index contributed by atoms with van der Waals surface area (Å²) < 4.78 is 151. The van der Waals surface area contributed by atoms with Crippen LogP contribution in [-0.4, -0.2) is 92.5 Å². The predicted octanol–water partition coefficient (Wildman–Crippen LogP) is 9.99. The highest BCUT2D eigenvalue weighted by Crippen LogP contribution is 2.46. The van der Waals surface area contributed by atoms with Crippen LogP contribution in [0.3, 0.4) is 0 Å². The molecule has 0 amide bonds. The van der Waals surface area contributed by atoms with E-state index in [1.54, 1.807) is 53.5 Å². The van der Waals surface area contributed by atoms with Gasteiger partial charge in [0.25, 0.3) is 0 Å². The number of aryl methyl sites for hydroxylation is 2. The molecule has 30 heteroatoms. The molecule has 2 aliphatic carbocycles. The summed E-state index contributed by atoms with van der Waals surface area (Å²) >= 11 is 0. The van der Waals surface area contributed by atoms with Crippen LogP contribution in [0.2, 0.25) is 0 Å². The maximum absolute atomic E-state index is 13.1. The zero-order valence-electron chi connectivity index (χ0n) is 41.3. The third kappa shape index (κ3) is 11.2. The summed E-state index contributed by atoms with van der Waals surface area (Å²) in [5.74, 6) is -0.165. The lowest BCUT2D eigenvalue weighted by atomic mass is 10.1. The first-order chi connectivity index (χ1) is 38.0. The van der Waals surface area contributed by atoms with E-state index in [-0.39, 0.29) is 65.9 Å². The van der Waals surface area contributed by atoms with Crippen molar-refractivity contribution in [2.75, 3.05) is 0 Å². The molecule has 0 atom stereocenters. The minimum absolute atomic E-state index is 0. The third-order valence-corrected chi connectivity index (χ3v) is 13.8. The smallest absolute Gasteiger partial charge is 0.354 e. The van der Waals surface area contributed by atoms with Gasteiger partial charge in [-0.05, 0) is 36.8 Å². The van der Waals surface area contributed by atoms with Gasteiger partial charge in [0.05, 0.1) is 53.2 Å². The molecule has 2 fully saturated rings. The number of hydrogen-bond donors (Lipinski definition) is 0. The number of hydrogen-bond acceptors (Lipinski definition) is 16. The van der Waals surface area contributed by atoms with Crippen LogP contribution in [0.4, 0.5) is 39.5 Å². The second-order valence-corrected chi connectivity index (χ2v) is 20.2. The van der Waals surface area contributed by atoms with Crippen LogP contribution in [0.5, 0.6) is 5.88 Å². The van der Waals surface area contributed by atoms with E-state index >= 15 is 0 Å².